The molecule has 0 amide bonds. The molecule has 0 aliphatic rings. The number of hydrogen-bond donors (Lipinski definition) is 0. The summed E-state index contributed by atoms with van der Waals surface area (Å²) in [7, 11) is 4.99. The van der Waals surface area contributed by atoms with Gasteiger partial charge in [0.1, 0.15) is 17.2 Å². The summed E-state index contributed by atoms with van der Waals surface area (Å²) in [6, 6.07) is 24.0. The van der Waals surface area contributed by atoms with Gasteiger partial charge in [0, 0.05) is 10.9 Å². The van der Waals surface area contributed by atoms with E-state index in [2.05, 4.69) is 18.2 Å². The topological polar surface area (TPSA) is 40.6 Å². The van der Waals surface area contributed by atoms with Crippen molar-refractivity contribution in [2.45, 2.75) is 0 Å². The van der Waals surface area contributed by atoms with E-state index in [9.17, 15) is 0 Å². The lowest BCUT2D eigenvalue weighted by Crippen LogP contribution is -1.95. The summed E-state index contributed by atoms with van der Waals surface area (Å²) >= 11 is 0. The highest BCUT2D eigenvalue weighted by atomic mass is 16.5. The highest BCUT2D eigenvalue weighted by molar-refractivity contribution is 5.97. The summed E-state index contributed by atoms with van der Waals surface area (Å²) in [5.74, 6) is 2.31. The highest BCUT2D eigenvalue weighted by Crippen LogP contribution is 2.38. The Kier molecular flexibility index (Phi) is 4.85. The molecule has 4 nitrogen and oxygen atoms in total. The van der Waals surface area contributed by atoms with Gasteiger partial charge < -0.3 is 14.2 Å². The minimum Gasteiger partial charge on any atom is -0.497 e. The predicted molar refractivity (Wildman–Crippen MR) is 112 cm³/mol. The Morgan fingerprint density at radius 2 is 1.36 bits per heavy atom. The molecule has 0 unspecified atom stereocenters. The fraction of sp³-hybridized carbons (Fsp3) is 0.125. The zero-order chi connectivity index (χ0) is 19.5. The molecular formula is C24H21NO3. The van der Waals surface area contributed by atoms with Crippen LogP contribution in [0.5, 0.6) is 17.2 Å². The molecule has 28 heavy (non-hydrogen) atoms. The number of rotatable bonds is 5. The second-order valence-electron chi connectivity index (χ2n) is 6.37. The van der Waals surface area contributed by atoms with E-state index in [0.29, 0.717) is 0 Å². The molecule has 0 saturated heterocycles. The van der Waals surface area contributed by atoms with Crippen LogP contribution in [0, 0.1) is 0 Å². The maximum atomic E-state index is 5.58. The Balaban J connectivity index is 2.02. The number of fused-ring (bicyclic) bond motifs is 1. The van der Waals surface area contributed by atoms with Crippen molar-refractivity contribution in [3.05, 3.63) is 72.8 Å². The number of methoxy groups -OCH3 is 3. The molecule has 4 aromatic rings. The van der Waals surface area contributed by atoms with Crippen LogP contribution in [0.1, 0.15) is 0 Å². The first-order valence-corrected chi connectivity index (χ1v) is 9.00. The number of hydrogen-bond acceptors (Lipinski definition) is 4. The highest BCUT2D eigenvalue weighted by Gasteiger charge is 2.14. The van der Waals surface area contributed by atoms with Gasteiger partial charge in [0.2, 0.25) is 0 Å². The summed E-state index contributed by atoms with van der Waals surface area (Å²) in [6.07, 6.45) is 0. The molecule has 0 fully saturated rings. The molecule has 0 N–H and O–H groups in total. The fourth-order valence-corrected chi connectivity index (χ4v) is 3.34. The number of nitrogens with zero attached hydrogens (tertiary/aromatic N) is 1. The van der Waals surface area contributed by atoms with E-state index in [4.69, 9.17) is 19.2 Å². The van der Waals surface area contributed by atoms with Crippen molar-refractivity contribution in [2.24, 2.45) is 0 Å². The Labute approximate surface area is 164 Å². The van der Waals surface area contributed by atoms with Crippen molar-refractivity contribution in [3.63, 3.8) is 0 Å². The van der Waals surface area contributed by atoms with E-state index in [-0.39, 0.29) is 0 Å². The number of benzene rings is 3. The molecule has 1 heterocycles. The van der Waals surface area contributed by atoms with Gasteiger partial charge in [-0.2, -0.15) is 0 Å². The summed E-state index contributed by atoms with van der Waals surface area (Å²) in [5.41, 5.74) is 4.81. The van der Waals surface area contributed by atoms with Gasteiger partial charge in [-0.05, 0) is 53.6 Å². The number of pyridine rings is 1. The summed E-state index contributed by atoms with van der Waals surface area (Å²) < 4.78 is 16.4. The van der Waals surface area contributed by atoms with E-state index >= 15 is 0 Å². The standard InChI is InChI=1S/C24H21NO3/c1-26-17-9-11-22-20(13-17)19(16-7-5-4-6-8-16)15-23(25-22)21-14-18(27-2)10-12-24(21)28-3/h4-15H,1-3H3. The molecule has 0 bridgehead atoms. The molecule has 1 aromatic heterocycles. The fourth-order valence-electron chi connectivity index (χ4n) is 3.34. The van der Waals surface area contributed by atoms with Gasteiger partial charge in [0.25, 0.3) is 0 Å². The predicted octanol–water partition coefficient (Wildman–Crippen LogP) is 5.59. The molecule has 3 aromatic carbocycles. The SMILES string of the molecule is COc1ccc(OC)c(-c2cc(-c3ccccc3)c3cc(OC)ccc3n2)c1. The lowest BCUT2D eigenvalue weighted by molar-refractivity contribution is 0.404. The van der Waals surface area contributed by atoms with Crippen LogP contribution >= 0.6 is 0 Å². The van der Waals surface area contributed by atoms with Crippen molar-refractivity contribution >= 4 is 10.9 Å². The number of ether oxygens (including phenoxy) is 3. The Morgan fingerprint density at radius 3 is 2.07 bits per heavy atom. The van der Waals surface area contributed by atoms with Crippen LogP contribution in [0.3, 0.4) is 0 Å². The zero-order valence-electron chi connectivity index (χ0n) is 16.1. The van der Waals surface area contributed by atoms with E-state index in [0.717, 1.165) is 50.5 Å². The van der Waals surface area contributed by atoms with E-state index in [1.165, 1.54) is 0 Å². The third-order valence-corrected chi connectivity index (χ3v) is 4.78. The first-order chi connectivity index (χ1) is 13.7. The molecule has 0 saturated carbocycles. The van der Waals surface area contributed by atoms with E-state index in [1.54, 1.807) is 21.3 Å². The van der Waals surface area contributed by atoms with Crippen molar-refractivity contribution in [1.29, 1.82) is 0 Å². The van der Waals surface area contributed by atoms with E-state index < -0.39 is 0 Å². The molecule has 0 radical (unpaired) electrons. The van der Waals surface area contributed by atoms with Gasteiger partial charge in [0.05, 0.1) is 32.5 Å². The molecular weight excluding hydrogens is 350 g/mol. The van der Waals surface area contributed by atoms with E-state index in [1.807, 2.05) is 54.6 Å². The largest absolute Gasteiger partial charge is 0.497 e. The quantitative estimate of drug-likeness (QED) is 0.458. The Bertz CT molecular complexity index is 1120. The average Bonchev–Trinajstić information content (AvgIpc) is 2.78. The van der Waals surface area contributed by atoms with Crippen LogP contribution in [-0.4, -0.2) is 26.3 Å². The van der Waals surface area contributed by atoms with Crippen LogP contribution in [0.25, 0.3) is 33.3 Å². The van der Waals surface area contributed by atoms with Crippen molar-refractivity contribution in [1.82, 2.24) is 4.98 Å². The first-order valence-electron chi connectivity index (χ1n) is 9.00. The summed E-state index contributed by atoms with van der Waals surface area (Å²) in [5, 5.41) is 1.04. The normalized spacial score (nSPS) is 10.7. The minimum atomic E-state index is 0.750. The second kappa shape index (κ2) is 7.61. The number of aromatic nitrogens is 1. The van der Waals surface area contributed by atoms with Crippen molar-refractivity contribution in [2.75, 3.05) is 21.3 Å². The second-order valence-corrected chi connectivity index (χ2v) is 6.37. The van der Waals surface area contributed by atoms with Gasteiger partial charge >= 0.3 is 0 Å². The molecule has 0 spiro atoms. The van der Waals surface area contributed by atoms with Crippen molar-refractivity contribution < 1.29 is 14.2 Å². The minimum absolute atomic E-state index is 0.750. The van der Waals surface area contributed by atoms with Crippen molar-refractivity contribution in [3.8, 4) is 39.6 Å². The van der Waals surface area contributed by atoms with Gasteiger partial charge in [-0.3, -0.25) is 0 Å². The van der Waals surface area contributed by atoms with Crippen LogP contribution in [0.4, 0.5) is 0 Å². The third-order valence-electron chi connectivity index (χ3n) is 4.78. The zero-order valence-corrected chi connectivity index (χ0v) is 16.1. The molecule has 0 aliphatic carbocycles. The van der Waals surface area contributed by atoms with Crippen LogP contribution in [0.15, 0.2) is 72.8 Å². The molecule has 4 rings (SSSR count). The van der Waals surface area contributed by atoms with Gasteiger partial charge in [0.15, 0.2) is 0 Å². The first kappa shape index (κ1) is 17.9. The van der Waals surface area contributed by atoms with Crippen LogP contribution in [0.2, 0.25) is 0 Å². The molecule has 0 atom stereocenters. The van der Waals surface area contributed by atoms with Crippen LogP contribution < -0.4 is 14.2 Å². The maximum Gasteiger partial charge on any atom is 0.128 e. The lowest BCUT2D eigenvalue weighted by Gasteiger charge is -2.14. The average molecular weight is 371 g/mol. The Morgan fingerprint density at radius 1 is 0.643 bits per heavy atom. The van der Waals surface area contributed by atoms with Gasteiger partial charge in [-0.1, -0.05) is 30.3 Å². The molecule has 4 heteroatoms. The van der Waals surface area contributed by atoms with Crippen LogP contribution in [-0.2, 0) is 0 Å². The Hall–Kier alpha value is -3.53. The smallest absolute Gasteiger partial charge is 0.128 e. The third kappa shape index (κ3) is 3.25. The monoisotopic (exact) mass is 371 g/mol. The maximum absolute atomic E-state index is 5.58. The molecule has 0 aliphatic heterocycles. The van der Waals surface area contributed by atoms with Gasteiger partial charge in [-0.25, -0.2) is 4.98 Å². The molecule has 140 valence electrons. The van der Waals surface area contributed by atoms with Gasteiger partial charge in [-0.15, -0.1) is 0 Å². The summed E-state index contributed by atoms with van der Waals surface area (Å²) in [4.78, 5) is 4.90. The lowest BCUT2D eigenvalue weighted by atomic mass is 9.98. The summed E-state index contributed by atoms with van der Waals surface area (Å²) in [6.45, 7) is 0.